The molecule has 0 aliphatic heterocycles. The first-order valence-electron chi connectivity index (χ1n) is 4.16. The maximum absolute atomic E-state index is 5.88. The molecule has 0 amide bonds. The molecule has 1 aromatic heterocycles. The molecule has 1 N–H and O–H groups in total. The molecule has 13 heavy (non-hydrogen) atoms. The van der Waals surface area contributed by atoms with Crippen molar-refractivity contribution in [2.75, 3.05) is 11.9 Å². The topological polar surface area (TPSA) is 37.8 Å². The molecule has 0 spiro atoms. The molecule has 3 nitrogen and oxygen atoms in total. The number of hydrogen-bond acceptors (Lipinski definition) is 3. The number of hydrogen-bond donors (Lipinski definition) is 1. The van der Waals surface area contributed by atoms with Crippen molar-refractivity contribution in [1.82, 2.24) is 10.2 Å². The lowest BCUT2D eigenvalue weighted by molar-refractivity contribution is 0.827. The highest BCUT2D eigenvalue weighted by molar-refractivity contribution is 6.43. The summed E-state index contributed by atoms with van der Waals surface area (Å²) in [6.07, 6.45) is 3.62. The van der Waals surface area contributed by atoms with Crippen molar-refractivity contribution in [2.45, 2.75) is 19.8 Å². The average molecular weight is 220 g/mol. The van der Waals surface area contributed by atoms with Crippen molar-refractivity contribution in [3.63, 3.8) is 0 Å². The SMILES string of the molecule is CCCCNc1nncc(Cl)c1Cl. The van der Waals surface area contributed by atoms with E-state index in [-0.39, 0.29) is 0 Å². The normalized spacial score (nSPS) is 10.1. The van der Waals surface area contributed by atoms with E-state index in [0.29, 0.717) is 15.9 Å². The summed E-state index contributed by atoms with van der Waals surface area (Å²) in [6, 6.07) is 0. The quantitative estimate of drug-likeness (QED) is 0.792. The van der Waals surface area contributed by atoms with Crippen LogP contribution in [0.2, 0.25) is 10.0 Å². The molecule has 0 bridgehead atoms. The van der Waals surface area contributed by atoms with Gasteiger partial charge in [-0.1, -0.05) is 36.5 Å². The molecule has 0 radical (unpaired) electrons. The Morgan fingerprint density at radius 3 is 2.92 bits per heavy atom. The van der Waals surface area contributed by atoms with Gasteiger partial charge in [0.05, 0.1) is 11.2 Å². The Hall–Kier alpha value is -0.540. The second-order valence-corrected chi connectivity index (χ2v) is 3.42. The fraction of sp³-hybridized carbons (Fsp3) is 0.500. The van der Waals surface area contributed by atoms with Crippen LogP contribution in [-0.2, 0) is 0 Å². The van der Waals surface area contributed by atoms with Gasteiger partial charge in [-0.25, -0.2) is 0 Å². The van der Waals surface area contributed by atoms with Gasteiger partial charge in [0.2, 0.25) is 0 Å². The van der Waals surface area contributed by atoms with Crippen LogP contribution in [0.4, 0.5) is 5.82 Å². The van der Waals surface area contributed by atoms with Gasteiger partial charge in [-0.3, -0.25) is 0 Å². The molecule has 0 unspecified atom stereocenters. The Bertz CT molecular complexity index is 278. The van der Waals surface area contributed by atoms with Crippen molar-refractivity contribution in [1.29, 1.82) is 0 Å². The van der Waals surface area contributed by atoms with Gasteiger partial charge in [-0.2, -0.15) is 5.10 Å². The zero-order valence-electron chi connectivity index (χ0n) is 7.35. The van der Waals surface area contributed by atoms with Gasteiger partial charge >= 0.3 is 0 Å². The molecular weight excluding hydrogens is 209 g/mol. The zero-order chi connectivity index (χ0) is 9.68. The maximum Gasteiger partial charge on any atom is 0.169 e. The third kappa shape index (κ3) is 3.01. The Morgan fingerprint density at radius 1 is 1.46 bits per heavy atom. The highest BCUT2D eigenvalue weighted by Crippen LogP contribution is 2.26. The number of anilines is 1. The fourth-order valence-electron chi connectivity index (χ4n) is 0.847. The highest BCUT2D eigenvalue weighted by atomic mass is 35.5. The molecule has 72 valence electrons. The van der Waals surface area contributed by atoms with Gasteiger partial charge in [0.1, 0.15) is 5.02 Å². The Kier molecular flexibility index (Phi) is 4.25. The van der Waals surface area contributed by atoms with Gasteiger partial charge in [-0.15, -0.1) is 5.10 Å². The van der Waals surface area contributed by atoms with Crippen LogP contribution in [0.3, 0.4) is 0 Å². The molecule has 1 heterocycles. The summed E-state index contributed by atoms with van der Waals surface area (Å²) in [5.41, 5.74) is 0. The number of nitrogens with zero attached hydrogens (tertiary/aromatic N) is 2. The van der Waals surface area contributed by atoms with Crippen molar-refractivity contribution < 1.29 is 0 Å². The third-order valence-corrected chi connectivity index (χ3v) is 2.34. The predicted octanol–water partition coefficient (Wildman–Crippen LogP) is 3.00. The molecule has 0 aliphatic rings. The number of unbranched alkanes of at least 4 members (excludes halogenated alkanes) is 1. The van der Waals surface area contributed by atoms with E-state index in [1.165, 1.54) is 6.20 Å². The first-order chi connectivity index (χ1) is 6.25. The molecule has 1 rings (SSSR count). The second kappa shape index (κ2) is 5.25. The maximum atomic E-state index is 5.88. The van der Waals surface area contributed by atoms with Crippen molar-refractivity contribution >= 4 is 29.0 Å². The van der Waals surface area contributed by atoms with E-state index in [4.69, 9.17) is 23.2 Å². The molecule has 5 heteroatoms. The Morgan fingerprint density at radius 2 is 2.23 bits per heavy atom. The van der Waals surface area contributed by atoms with E-state index in [1.807, 2.05) is 0 Å². The van der Waals surface area contributed by atoms with Crippen LogP contribution in [0.1, 0.15) is 19.8 Å². The summed E-state index contributed by atoms with van der Waals surface area (Å²) >= 11 is 11.6. The Balaban J connectivity index is 2.61. The zero-order valence-corrected chi connectivity index (χ0v) is 8.86. The monoisotopic (exact) mass is 219 g/mol. The first kappa shape index (κ1) is 10.5. The predicted molar refractivity (Wildman–Crippen MR) is 55.4 cm³/mol. The van der Waals surface area contributed by atoms with Crippen LogP contribution in [0.5, 0.6) is 0 Å². The van der Waals surface area contributed by atoms with E-state index in [2.05, 4.69) is 22.4 Å². The lowest BCUT2D eigenvalue weighted by Gasteiger charge is -2.05. The highest BCUT2D eigenvalue weighted by Gasteiger charge is 2.05. The van der Waals surface area contributed by atoms with Crippen LogP contribution in [0, 0.1) is 0 Å². The average Bonchev–Trinajstić information content (AvgIpc) is 2.13. The van der Waals surface area contributed by atoms with Crippen LogP contribution in [-0.4, -0.2) is 16.7 Å². The molecule has 0 aromatic carbocycles. The Labute approximate surface area is 87.5 Å². The molecule has 0 saturated carbocycles. The van der Waals surface area contributed by atoms with Gasteiger partial charge < -0.3 is 5.32 Å². The van der Waals surface area contributed by atoms with E-state index in [1.54, 1.807) is 0 Å². The van der Waals surface area contributed by atoms with Gasteiger partial charge in [0.25, 0.3) is 0 Å². The van der Waals surface area contributed by atoms with E-state index in [9.17, 15) is 0 Å². The first-order valence-corrected chi connectivity index (χ1v) is 4.92. The lowest BCUT2D eigenvalue weighted by Crippen LogP contribution is -2.04. The van der Waals surface area contributed by atoms with Crippen molar-refractivity contribution in [2.24, 2.45) is 0 Å². The van der Waals surface area contributed by atoms with Gasteiger partial charge in [0, 0.05) is 6.54 Å². The minimum Gasteiger partial charge on any atom is -0.367 e. The summed E-state index contributed by atoms with van der Waals surface area (Å²) in [5.74, 6) is 0.558. The van der Waals surface area contributed by atoms with E-state index < -0.39 is 0 Å². The van der Waals surface area contributed by atoms with Crippen molar-refractivity contribution in [3.05, 3.63) is 16.2 Å². The number of aromatic nitrogens is 2. The van der Waals surface area contributed by atoms with Crippen LogP contribution >= 0.6 is 23.2 Å². The summed E-state index contributed by atoms with van der Waals surface area (Å²) in [4.78, 5) is 0. The van der Waals surface area contributed by atoms with Crippen molar-refractivity contribution in [3.8, 4) is 0 Å². The molecule has 0 atom stereocenters. The molecule has 0 aliphatic carbocycles. The van der Waals surface area contributed by atoms with Gasteiger partial charge in [-0.05, 0) is 6.42 Å². The van der Waals surface area contributed by atoms with Gasteiger partial charge in [0.15, 0.2) is 5.82 Å². The lowest BCUT2D eigenvalue weighted by atomic mass is 10.3. The fourth-order valence-corrected chi connectivity index (χ4v) is 1.13. The van der Waals surface area contributed by atoms with Crippen LogP contribution in [0.25, 0.3) is 0 Å². The molecule has 1 aromatic rings. The minimum absolute atomic E-state index is 0.427. The molecule has 0 saturated heterocycles. The summed E-state index contributed by atoms with van der Waals surface area (Å²) in [7, 11) is 0. The van der Waals surface area contributed by atoms with E-state index in [0.717, 1.165) is 19.4 Å². The smallest absolute Gasteiger partial charge is 0.169 e. The van der Waals surface area contributed by atoms with E-state index >= 15 is 0 Å². The number of halogens is 2. The number of nitrogens with one attached hydrogen (secondary N) is 1. The van der Waals surface area contributed by atoms with Crippen LogP contribution in [0.15, 0.2) is 6.20 Å². The summed E-state index contributed by atoms with van der Waals surface area (Å²) in [5, 5.41) is 11.5. The standard InChI is InChI=1S/C8H11Cl2N3/c1-2-3-4-11-8-7(10)6(9)5-12-13-8/h5H,2-4H2,1H3,(H,11,13). The third-order valence-electron chi connectivity index (χ3n) is 1.57. The number of rotatable bonds is 4. The largest absolute Gasteiger partial charge is 0.367 e. The summed E-state index contributed by atoms with van der Waals surface area (Å²) in [6.45, 7) is 2.96. The molecule has 0 fully saturated rings. The molecular formula is C8H11Cl2N3. The van der Waals surface area contributed by atoms with Crippen LogP contribution < -0.4 is 5.32 Å². The summed E-state index contributed by atoms with van der Waals surface area (Å²) < 4.78 is 0. The minimum atomic E-state index is 0.427. The second-order valence-electron chi connectivity index (χ2n) is 2.64.